The SMILES string of the molecule is NCC1CCCCC1S(=O)(=O)c1cccc(Br)c1. The molecule has 0 amide bonds. The summed E-state index contributed by atoms with van der Waals surface area (Å²) in [5.74, 6) is 0.0998. The Morgan fingerprint density at radius 3 is 2.67 bits per heavy atom. The van der Waals surface area contributed by atoms with E-state index in [1.165, 1.54) is 0 Å². The Morgan fingerprint density at radius 2 is 2.00 bits per heavy atom. The third-order valence-corrected chi connectivity index (χ3v) is 6.49. The van der Waals surface area contributed by atoms with E-state index in [2.05, 4.69) is 15.9 Å². The molecule has 1 aliphatic carbocycles. The van der Waals surface area contributed by atoms with Crippen LogP contribution in [0.15, 0.2) is 33.6 Å². The van der Waals surface area contributed by atoms with Gasteiger partial charge in [-0.05, 0) is 43.5 Å². The molecule has 2 N–H and O–H groups in total. The van der Waals surface area contributed by atoms with Gasteiger partial charge in [0.1, 0.15) is 0 Å². The van der Waals surface area contributed by atoms with Gasteiger partial charge in [0.2, 0.25) is 0 Å². The second kappa shape index (κ2) is 5.72. The molecule has 1 fully saturated rings. The first-order chi connectivity index (χ1) is 8.55. The zero-order valence-electron chi connectivity index (χ0n) is 10.2. The second-order valence-electron chi connectivity index (χ2n) is 4.82. The van der Waals surface area contributed by atoms with Crippen LogP contribution in [0.25, 0.3) is 0 Å². The third-order valence-electron chi connectivity index (χ3n) is 3.67. The first kappa shape index (κ1) is 14.0. The van der Waals surface area contributed by atoms with Crippen molar-refractivity contribution >= 4 is 25.8 Å². The number of halogens is 1. The molecular formula is C13H18BrNO2S. The molecule has 0 bridgehead atoms. The van der Waals surface area contributed by atoms with Gasteiger partial charge in [-0.15, -0.1) is 0 Å². The Hall–Kier alpha value is -0.390. The van der Waals surface area contributed by atoms with Gasteiger partial charge in [-0.3, -0.25) is 0 Å². The van der Waals surface area contributed by atoms with E-state index >= 15 is 0 Å². The molecular weight excluding hydrogens is 314 g/mol. The van der Waals surface area contributed by atoms with Crippen molar-refractivity contribution in [1.82, 2.24) is 0 Å². The molecule has 1 saturated carbocycles. The fourth-order valence-corrected chi connectivity index (χ4v) is 5.36. The number of sulfone groups is 1. The van der Waals surface area contributed by atoms with Crippen molar-refractivity contribution in [3.8, 4) is 0 Å². The zero-order chi connectivity index (χ0) is 13.2. The molecule has 18 heavy (non-hydrogen) atoms. The lowest BCUT2D eigenvalue weighted by Crippen LogP contribution is -2.37. The molecule has 0 aromatic heterocycles. The van der Waals surface area contributed by atoms with Crippen LogP contribution in [-0.2, 0) is 9.84 Å². The average Bonchev–Trinajstić information content (AvgIpc) is 2.38. The van der Waals surface area contributed by atoms with E-state index in [0.717, 1.165) is 30.2 Å². The molecule has 3 nitrogen and oxygen atoms in total. The lowest BCUT2D eigenvalue weighted by Gasteiger charge is -2.30. The average molecular weight is 332 g/mol. The summed E-state index contributed by atoms with van der Waals surface area (Å²) in [6.45, 7) is 0.456. The first-order valence-electron chi connectivity index (χ1n) is 6.25. The Bertz CT molecular complexity index is 515. The second-order valence-corrected chi connectivity index (χ2v) is 7.90. The van der Waals surface area contributed by atoms with Crippen LogP contribution in [0.4, 0.5) is 0 Å². The summed E-state index contributed by atoms with van der Waals surface area (Å²) >= 11 is 3.32. The molecule has 0 radical (unpaired) electrons. The lowest BCUT2D eigenvalue weighted by molar-refractivity contribution is 0.363. The highest BCUT2D eigenvalue weighted by atomic mass is 79.9. The molecule has 0 aliphatic heterocycles. The van der Waals surface area contributed by atoms with Crippen LogP contribution < -0.4 is 5.73 Å². The highest BCUT2D eigenvalue weighted by Gasteiger charge is 2.35. The predicted octanol–water partition coefficient (Wildman–Crippen LogP) is 2.74. The standard InChI is InChI=1S/C13H18BrNO2S/c14-11-5-3-6-12(8-11)18(16,17)13-7-2-1-4-10(13)9-15/h3,5-6,8,10,13H,1-2,4,7,9,15H2. The monoisotopic (exact) mass is 331 g/mol. The van der Waals surface area contributed by atoms with Crippen molar-refractivity contribution in [2.75, 3.05) is 6.54 Å². The fraction of sp³-hybridized carbons (Fsp3) is 0.538. The van der Waals surface area contributed by atoms with E-state index in [9.17, 15) is 8.42 Å². The van der Waals surface area contributed by atoms with Crippen molar-refractivity contribution in [2.45, 2.75) is 35.8 Å². The normalized spacial score (nSPS) is 25.0. The number of hydrogen-bond donors (Lipinski definition) is 1. The summed E-state index contributed by atoms with van der Waals surface area (Å²) < 4.78 is 26.1. The topological polar surface area (TPSA) is 60.2 Å². The van der Waals surface area contributed by atoms with Gasteiger partial charge in [0.25, 0.3) is 0 Å². The van der Waals surface area contributed by atoms with Crippen molar-refractivity contribution in [2.24, 2.45) is 11.7 Å². The Morgan fingerprint density at radius 1 is 1.28 bits per heavy atom. The van der Waals surface area contributed by atoms with Crippen LogP contribution in [0.3, 0.4) is 0 Å². The van der Waals surface area contributed by atoms with E-state index in [1.807, 2.05) is 6.07 Å². The van der Waals surface area contributed by atoms with E-state index in [0.29, 0.717) is 11.4 Å². The van der Waals surface area contributed by atoms with Crippen LogP contribution >= 0.6 is 15.9 Å². The van der Waals surface area contributed by atoms with Crippen molar-refractivity contribution in [3.63, 3.8) is 0 Å². The van der Waals surface area contributed by atoms with Crippen molar-refractivity contribution < 1.29 is 8.42 Å². The van der Waals surface area contributed by atoms with Gasteiger partial charge in [0.15, 0.2) is 9.84 Å². The molecule has 0 heterocycles. The lowest BCUT2D eigenvalue weighted by atomic mass is 9.89. The predicted molar refractivity (Wildman–Crippen MR) is 76.1 cm³/mol. The van der Waals surface area contributed by atoms with Crippen molar-refractivity contribution in [3.05, 3.63) is 28.7 Å². The van der Waals surface area contributed by atoms with Crippen LogP contribution in [0.1, 0.15) is 25.7 Å². The van der Waals surface area contributed by atoms with E-state index in [1.54, 1.807) is 18.2 Å². The summed E-state index contributed by atoms with van der Waals surface area (Å²) in [5, 5.41) is -0.314. The Balaban J connectivity index is 2.35. The smallest absolute Gasteiger partial charge is 0.181 e. The maximum absolute atomic E-state index is 12.6. The molecule has 0 saturated heterocycles. The zero-order valence-corrected chi connectivity index (χ0v) is 12.6. The van der Waals surface area contributed by atoms with Crippen LogP contribution in [-0.4, -0.2) is 20.2 Å². The van der Waals surface area contributed by atoms with Gasteiger partial charge in [0.05, 0.1) is 10.1 Å². The van der Waals surface area contributed by atoms with E-state index < -0.39 is 9.84 Å². The summed E-state index contributed by atoms with van der Waals surface area (Å²) in [5.41, 5.74) is 5.72. The Kier molecular flexibility index (Phi) is 4.45. The maximum Gasteiger partial charge on any atom is 0.181 e. The van der Waals surface area contributed by atoms with Crippen LogP contribution in [0, 0.1) is 5.92 Å². The third kappa shape index (κ3) is 2.78. The minimum Gasteiger partial charge on any atom is -0.330 e. The molecule has 2 unspecified atom stereocenters. The van der Waals surface area contributed by atoms with Crippen LogP contribution in [0.2, 0.25) is 0 Å². The highest BCUT2D eigenvalue weighted by Crippen LogP contribution is 2.33. The molecule has 1 aromatic rings. The minimum atomic E-state index is -3.26. The highest BCUT2D eigenvalue weighted by molar-refractivity contribution is 9.10. The quantitative estimate of drug-likeness (QED) is 0.926. The molecule has 1 aromatic carbocycles. The Labute approximate surface area is 117 Å². The fourth-order valence-electron chi connectivity index (χ4n) is 2.67. The van der Waals surface area contributed by atoms with Gasteiger partial charge < -0.3 is 5.73 Å². The number of rotatable bonds is 3. The van der Waals surface area contributed by atoms with Crippen molar-refractivity contribution in [1.29, 1.82) is 0 Å². The van der Waals surface area contributed by atoms with Gasteiger partial charge in [-0.1, -0.05) is 34.8 Å². The van der Waals surface area contributed by atoms with Gasteiger partial charge >= 0.3 is 0 Å². The molecule has 2 atom stereocenters. The number of hydrogen-bond acceptors (Lipinski definition) is 3. The van der Waals surface area contributed by atoms with E-state index in [-0.39, 0.29) is 11.2 Å². The maximum atomic E-state index is 12.6. The molecule has 1 aliphatic rings. The van der Waals surface area contributed by atoms with Gasteiger partial charge in [0, 0.05) is 4.47 Å². The largest absolute Gasteiger partial charge is 0.330 e. The van der Waals surface area contributed by atoms with Gasteiger partial charge in [-0.2, -0.15) is 0 Å². The van der Waals surface area contributed by atoms with Gasteiger partial charge in [-0.25, -0.2) is 8.42 Å². The molecule has 0 spiro atoms. The number of benzene rings is 1. The number of nitrogens with two attached hydrogens (primary N) is 1. The summed E-state index contributed by atoms with van der Waals surface area (Å²) in [6, 6.07) is 6.94. The molecule has 100 valence electrons. The summed E-state index contributed by atoms with van der Waals surface area (Å²) in [4.78, 5) is 0.405. The van der Waals surface area contributed by atoms with Crippen LogP contribution in [0.5, 0.6) is 0 Å². The first-order valence-corrected chi connectivity index (χ1v) is 8.59. The minimum absolute atomic E-state index is 0.0998. The molecule has 5 heteroatoms. The summed E-state index contributed by atoms with van der Waals surface area (Å²) in [6.07, 6.45) is 3.73. The summed E-state index contributed by atoms with van der Waals surface area (Å²) in [7, 11) is -3.26. The van der Waals surface area contributed by atoms with E-state index in [4.69, 9.17) is 5.73 Å². The molecule has 2 rings (SSSR count).